The molecule has 2 aromatic carbocycles. The van der Waals surface area contributed by atoms with Crippen LogP contribution in [0.25, 0.3) is 0 Å². The highest BCUT2D eigenvalue weighted by Crippen LogP contribution is 2.28. The number of halogens is 1. The molecule has 0 aromatic heterocycles. The molecule has 1 aliphatic rings. The fourth-order valence-corrected chi connectivity index (χ4v) is 4.47. The highest BCUT2D eigenvalue weighted by atomic mass is 35.5. The minimum absolute atomic E-state index is 0.200. The van der Waals surface area contributed by atoms with Gasteiger partial charge in [0.25, 0.3) is 5.91 Å². The quantitative estimate of drug-likeness (QED) is 0.348. The van der Waals surface area contributed by atoms with E-state index in [0.717, 1.165) is 30.4 Å². The van der Waals surface area contributed by atoms with Gasteiger partial charge in [0.15, 0.2) is 6.10 Å². The van der Waals surface area contributed by atoms with Crippen LogP contribution in [0.4, 0.5) is 0 Å². The molecule has 1 amide bonds. The molecule has 0 radical (unpaired) electrons. The number of hydrogen-bond acceptors (Lipinski definition) is 5. The summed E-state index contributed by atoms with van der Waals surface area (Å²) in [6.07, 6.45) is 4.50. The van der Waals surface area contributed by atoms with E-state index in [1.807, 2.05) is 25.1 Å². The predicted octanol–water partition coefficient (Wildman–Crippen LogP) is 5.80. The van der Waals surface area contributed by atoms with Crippen molar-refractivity contribution in [1.82, 2.24) is 5.32 Å². The van der Waals surface area contributed by atoms with Crippen molar-refractivity contribution < 1.29 is 28.9 Å². The van der Waals surface area contributed by atoms with Crippen LogP contribution >= 0.6 is 11.6 Å². The number of carboxylic acids is 1. The number of ether oxygens (including phenoxy) is 3. The third kappa shape index (κ3) is 8.14. The molecule has 3 rings (SSSR count). The Hall–Kier alpha value is -2.77. The van der Waals surface area contributed by atoms with Gasteiger partial charge < -0.3 is 24.6 Å². The van der Waals surface area contributed by atoms with Crippen LogP contribution in [0.15, 0.2) is 36.4 Å². The number of carboxylic acid groups (broad SMARTS) is 1. The first-order chi connectivity index (χ1) is 17.3. The summed E-state index contributed by atoms with van der Waals surface area (Å²) in [6, 6.07) is 10.6. The summed E-state index contributed by atoms with van der Waals surface area (Å²) in [5.41, 5.74) is 1.89. The lowest BCUT2D eigenvalue weighted by atomic mass is 10.0. The zero-order valence-corrected chi connectivity index (χ0v) is 22.0. The summed E-state index contributed by atoms with van der Waals surface area (Å²) in [6.45, 7) is 6.35. The summed E-state index contributed by atoms with van der Waals surface area (Å²) in [5.74, 6) is -0.0161. The van der Waals surface area contributed by atoms with Crippen molar-refractivity contribution in [2.45, 2.75) is 84.2 Å². The molecule has 2 N–H and O–H groups in total. The minimum Gasteiger partial charge on any atom is -0.493 e. The van der Waals surface area contributed by atoms with Crippen molar-refractivity contribution >= 4 is 23.5 Å². The van der Waals surface area contributed by atoms with Crippen LogP contribution in [-0.4, -0.2) is 41.9 Å². The van der Waals surface area contributed by atoms with Crippen LogP contribution in [0, 0.1) is 0 Å². The van der Waals surface area contributed by atoms with Gasteiger partial charge in [-0.2, -0.15) is 0 Å². The molecule has 36 heavy (non-hydrogen) atoms. The van der Waals surface area contributed by atoms with E-state index in [2.05, 4.69) is 5.32 Å². The van der Waals surface area contributed by atoms with E-state index in [-0.39, 0.29) is 31.1 Å². The zero-order valence-electron chi connectivity index (χ0n) is 21.2. The summed E-state index contributed by atoms with van der Waals surface area (Å²) in [7, 11) is 0. The van der Waals surface area contributed by atoms with E-state index < -0.39 is 12.1 Å². The van der Waals surface area contributed by atoms with Gasteiger partial charge in [-0.05, 0) is 75.8 Å². The maximum Gasteiger partial charge on any atom is 0.333 e. The van der Waals surface area contributed by atoms with Gasteiger partial charge in [0.1, 0.15) is 11.5 Å². The highest BCUT2D eigenvalue weighted by molar-refractivity contribution is 6.34. The van der Waals surface area contributed by atoms with Gasteiger partial charge in [0.05, 0.1) is 29.4 Å². The monoisotopic (exact) mass is 517 g/mol. The Morgan fingerprint density at radius 3 is 2.53 bits per heavy atom. The first kappa shape index (κ1) is 27.8. The van der Waals surface area contributed by atoms with Crippen molar-refractivity contribution in [2.75, 3.05) is 6.61 Å². The molecule has 1 fully saturated rings. The molecule has 0 heterocycles. The second-order valence-electron chi connectivity index (χ2n) is 9.36. The van der Waals surface area contributed by atoms with Crippen molar-refractivity contribution in [3.63, 3.8) is 0 Å². The molecule has 1 unspecified atom stereocenters. The SMILES string of the molecule is CCCOc1ccc(CC(OC(C)C)C(=O)O)cc1CNC(=O)c1ccc(OC2CCCC2)cc1Cl. The first-order valence-electron chi connectivity index (χ1n) is 12.6. The third-order valence-electron chi connectivity index (χ3n) is 5.95. The van der Waals surface area contributed by atoms with E-state index in [1.165, 1.54) is 12.8 Å². The highest BCUT2D eigenvalue weighted by Gasteiger charge is 2.21. The van der Waals surface area contributed by atoms with E-state index in [4.69, 9.17) is 25.8 Å². The van der Waals surface area contributed by atoms with Crippen LogP contribution in [0.2, 0.25) is 5.02 Å². The lowest BCUT2D eigenvalue weighted by Crippen LogP contribution is -2.29. The first-order valence-corrected chi connectivity index (χ1v) is 13.0. The molecule has 1 saturated carbocycles. The summed E-state index contributed by atoms with van der Waals surface area (Å²) >= 11 is 6.41. The Labute approximate surface area is 218 Å². The lowest BCUT2D eigenvalue weighted by Gasteiger charge is -2.18. The number of rotatable bonds is 13. The van der Waals surface area contributed by atoms with Gasteiger partial charge in [-0.25, -0.2) is 4.79 Å². The molecule has 1 atom stereocenters. The van der Waals surface area contributed by atoms with Crippen molar-refractivity contribution in [3.8, 4) is 11.5 Å². The van der Waals surface area contributed by atoms with Gasteiger partial charge in [-0.1, -0.05) is 30.7 Å². The predicted molar refractivity (Wildman–Crippen MR) is 139 cm³/mol. The standard InChI is InChI=1S/C28H36ClNO6/c1-4-13-34-25-12-9-19(15-26(28(32)33)35-18(2)3)14-20(25)17-30-27(31)23-11-10-22(16-24(23)29)36-21-7-5-6-8-21/h9-12,14,16,18,21,26H,4-8,13,15,17H2,1-3H3,(H,30,31)(H,32,33). The molecule has 2 aromatic rings. The van der Waals surface area contributed by atoms with Gasteiger partial charge in [0.2, 0.25) is 0 Å². The number of carbonyl (C=O) groups is 2. The summed E-state index contributed by atoms with van der Waals surface area (Å²) in [4.78, 5) is 24.5. The minimum atomic E-state index is -1.01. The Morgan fingerprint density at radius 2 is 1.89 bits per heavy atom. The molecule has 0 aliphatic heterocycles. The Kier molecular flexibility index (Phi) is 10.4. The maximum absolute atomic E-state index is 12.9. The third-order valence-corrected chi connectivity index (χ3v) is 6.26. The second kappa shape index (κ2) is 13.5. The Balaban J connectivity index is 1.70. The molecular weight excluding hydrogens is 482 g/mol. The number of nitrogens with one attached hydrogen (secondary N) is 1. The molecule has 1 aliphatic carbocycles. The zero-order chi connectivity index (χ0) is 26.1. The molecule has 196 valence electrons. The van der Waals surface area contributed by atoms with E-state index >= 15 is 0 Å². The smallest absolute Gasteiger partial charge is 0.333 e. The number of aliphatic carboxylic acids is 1. The largest absolute Gasteiger partial charge is 0.493 e. The van der Waals surface area contributed by atoms with Crippen LogP contribution in [0.1, 0.15) is 74.4 Å². The number of carbonyl (C=O) groups excluding carboxylic acids is 1. The molecule has 0 bridgehead atoms. The topological polar surface area (TPSA) is 94.1 Å². The van der Waals surface area contributed by atoms with E-state index in [1.54, 1.807) is 32.0 Å². The maximum atomic E-state index is 12.9. The van der Waals surface area contributed by atoms with Crippen LogP contribution in [0.3, 0.4) is 0 Å². The fourth-order valence-electron chi connectivity index (χ4n) is 4.21. The van der Waals surface area contributed by atoms with Gasteiger partial charge in [-0.3, -0.25) is 4.79 Å². The van der Waals surface area contributed by atoms with Crippen molar-refractivity contribution in [2.24, 2.45) is 0 Å². The van der Waals surface area contributed by atoms with E-state index in [9.17, 15) is 14.7 Å². The van der Waals surface area contributed by atoms with Crippen molar-refractivity contribution in [3.05, 3.63) is 58.1 Å². The van der Waals surface area contributed by atoms with Crippen LogP contribution < -0.4 is 14.8 Å². The van der Waals surface area contributed by atoms with Crippen molar-refractivity contribution in [1.29, 1.82) is 0 Å². The Bertz CT molecular complexity index is 1030. The van der Waals surface area contributed by atoms with Crippen LogP contribution in [0.5, 0.6) is 11.5 Å². The molecule has 7 nitrogen and oxygen atoms in total. The Morgan fingerprint density at radius 1 is 1.14 bits per heavy atom. The van der Waals surface area contributed by atoms with Gasteiger partial charge in [-0.15, -0.1) is 0 Å². The van der Waals surface area contributed by atoms with Gasteiger partial charge in [0, 0.05) is 18.5 Å². The van der Waals surface area contributed by atoms with E-state index in [0.29, 0.717) is 28.7 Å². The second-order valence-corrected chi connectivity index (χ2v) is 9.76. The molecule has 0 saturated heterocycles. The fraction of sp³-hybridized carbons (Fsp3) is 0.500. The summed E-state index contributed by atoms with van der Waals surface area (Å²) < 4.78 is 17.4. The average molecular weight is 518 g/mol. The summed E-state index contributed by atoms with van der Waals surface area (Å²) in [5, 5.41) is 12.8. The number of benzene rings is 2. The number of hydrogen-bond donors (Lipinski definition) is 2. The lowest BCUT2D eigenvalue weighted by molar-refractivity contribution is -0.153. The van der Waals surface area contributed by atoms with Crippen LogP contribution in [-0.2, 0) is 22.5 Å². The average Bonchev–Trinajstić information content (AvgIpc) is 3.34. The molecule has 8 heteroatoms. The number of amides is 1. The van der Waals surface area contributed by atoms with Gasteiger partial charge >= 0.3 is 5.97 Å². The normalized spacial score (nSPS) is 14.6. The molecular formula is C28H36ClNO6. The molecule has 0 spiro atoms.